The molecular weight excluding hydrogens is 496 g/mol. The lowest BCUT2D eigenvalue weighted by molar-refractivity contribution is 0.281. The summed E-state index contributed by atoms with van der Waals surface area (Å²) in [4.78, 5) is 2.65. The predicted octanol–water partition coefficient (Wildman–Crippen LogP) is 5.71. The van der Waals surface area contributed by atoms with Crippen molar-refractivity contribution in [1.29, 1.82) is 0 Å². The number of nitrogens with zero attached hydrogens (tertiary/aromatic N) is 2. The molecule has 4 aromatic carbocycles. The Bertz CT molecular complexity index is 1470. The highest BCUT2D eigenvalue weighted by molar-refractivity contribution is 7.89. The van der Waals surface area contributed by atoms with Gasteiger partial charge >= 0.3 is 0 Å². The first-order valence-electron chi connectivity index (χ1n) is 13.1. The van der Waals surface area contributed by atoms with E-state index in [2.05, 4.69) is 4.90 Å². The predicted molar refractivity (Wildman–Crippen MR) is 151 cm³/mol. The number of sulfonamides is 1. The van der Waals surface area contributed by atoms with Gasteiger partial charge in [-0.3, -0.25) is 0 Å². The van der Waals surface area contributed by atoms with Crippen LogP contribution >= 0.6 is 0 Å². The molecule has 0 unspecified atom stereocenters. The highest BCUT2D eigenvalue weighted by Gasteiger charge is 2.26. The van der Waals surface area contributed by atoms with Gasteiger partial charge in [0.05, 0.1) is 12.0 Å². The van der Waals surface area contributed by atoms with Gasteiger partial charge in [-0.1, -0.05) is 66.7 Å². The highest BCUT2D eigenvalue weighted by Crippen LogP contribution is 2.31. The second-order valence-electron chi connectivity index (χ2n) is 9.66. The Morgan fingerprint density at radius 2 is 1.53 bits per heavy atom. The molecule has 1 saturated heterocycles. The van der Waals surface area contributed by atoms with E-state index in [-0.39, 0.29) is 6.54 Å². The number of fused-ring (bicyclic) bond motifs is 1. The fraction of sp³-hybridized carbons (Fsp3) is 0.290. The maximum Gasteiger partial charge on any atom is 0.243 e. The number of likely N-dealkylation sites (tertiary alicyclic amines) is 1. The van der Waals surface area contributed by atoms with Crippen molar-refractivity contribution in [2.45, 2.75) is 30.9 Å². The van der Waals surface area contributed by atoms with Crippen LogP contribution in [0.15, 0.2) is 95.9 Å². The van der Waals surface area contributed by atoms with Gasteiger partial charge in [0.25, 0.3) is 0 Å². The van der Waals surface area contributed by atoms with Gasteiger partial charge in [-0.05, 0) is 72.1 Å². The Balaban J connectivity index is 1.41. The average molecular weight is 531 g/mol. The monoisotopic (exact) mass is 530 g/mol. The van der Waals surface area contributed by atoms with Crippen molar-refractivity contribution in [3.05, 3.63) is 102 Å². The molecule has 1 heterocycles. The minimum atomic E-state index is -3.73. The molecule has 0 aromatic heterocycles. The molecular formula is C31H34N2O4S. The molecule has 1 aliphatic rings. The quantitative estimate of drug-likeness (QED) is 0.248. The van der Waals surface area contributed by atoms with Crippen molar-refractivity contribution in [2.75, 3.05) is 33.3 Å². The van der Waals surface area contributed by atoms with Crippen LogP contribution in [-0.2, 0) is 23.2 Å². The third kappa shape index (κ3) is 6.18. The fourth-order valence-corrected chi connectivity index (χ4v) is 6.35. The Labute approximate surface area is 225 Å². The van der Waals surface area contributed by atoms with E-state index in [0.717, 1.165) is 47.8 Å². The van der Waals surface area contributed by atoms with Crippen molar-refractivity contribution in [3.8, 4) is 11.5 Å². The van der Waals surface area contributed by atoms with E-state index >= 15 is 0 Å². The van der Waals surface area contributed by atoms with Crippen LogP contribution in [0.2, 0.25) is 0 Å². The first-order valence-corrected chi connectivity index (χ1v) is 14.5. The summed E-state index contributed by atoms with van der Waals surface area (Å²) in [5, 5.41) is 1.93. The molecule has 5 rings (SSSR count). The zero-order valence-corrected chi connectivity index (χ0v) is 22.6. The first-order chi connectivity index (χ1) is 18.5. The Hall–Kier alpha value is -3.39. The summed E-state index contributed by atoms with van der Waals surface area (Å²) in [6.07, 6.45) is 2.33. The number of benzene rings is 4. The lowest BCUT2D eigenvalue weighted by Crippen LogP contribution is -2.37. The number of ether oxygens (including phenoxy) is 2. The molecule has 0 spiro atoms. The van der Waals surface area contributed by atoms with E-state index in [1.165, 1.54) is 0 Å². The molecule has 0 N–H and O–H groups in total. The van der Waals surface area contributed by atoms with Gasteiger partial charge in [-0.15, -0.1) is 0 Å². The molecule has 0 aliphatic carbocycles. The van der Waals surface area contributed by atoms with Crippen LogP contribution < -0.4 is 9.47 Å². The van der Waals surface area contributed by atoms with Crippen LogP contribution in [-0.4, -0.2) is 50.9 Å². The van der Waals surface area contributed by atoms with Crippen LogP contribution in [0.25, 0.3) is 10.8 Å². The number of rotatable bonds is 11. The number of hydrogen-bond donors (Lipinski definition) is 0. The third-order valence-corrected chi connectivity index (χ3v) is 8.89. The standard InChI is InChI=1S/C31H34N2O4S/c1-36-30-16-13-26(21-31(30)37-24-25-9-3-2-4-10-25)23-33(20-19-32-17-7-8-18-32)38(34,35)29-15-14-27-11-5-6-12-28(27)22-29/h2-6,9-16,21-22H,7-8,17-20,23-24H2,1H3. The summed E-state index contributed by atoms with van der Waals surface area (Å²) in [5.74, 6) is 1.21. The number of methoxy groups -OCH3 is 1. The summed E-state index contributed by atoms with van der Waals surface area (Å²) < 4.78 is 41.1. The van der Waals surface area contributed by atoms with E-state index in [0.29, 0.717) is 36.1 Å². The zero-order chi connectivity index (χ0) is 26.4. The van der Waals surface area contributed by atoms with Crippen LogP contribution in [0, 0.1) is 0 Å². The van der Waals surface area contributed by atoms with E-state index < -0.39 is 10.0 Å². The van der Waals surface area contributed by atoms with Gasteiger partial charge in [-0.25, -0.2) is 8.42 Å². The second-order valence-corrected chi connectivity index (χ2v) is 11.6. The van der Waals surface area contributed by atoms with E-state index in [1.807, 2.05) is 78.9 Å². The largest absolute Gasteiger partial charge is 0.493 e. The van der Waals surface area contributed by atoms with Crippen molar-refractivity contribution in [2.24, 2.45) is 0 Å². The van der Waals surface area contributed by atoms with Gasteiger partial charge in [0.1, 0.15) is 6.61 Å². The van der Waals surface area contributed by atoms with Gasteiger partial charge < -0.3 is 14.4 Å². The smallest absolute Gasteiger partial charge is 0.243 e. The molecule has 6 nitrogen and oxygen atoms in total. The summed E-state index contributed by atoms with van der Waals surface area (Å²) in [6.45, 7) is 3.80. The maximum absolute atomic E-state index is 14.0. The molecule has 0 saturated carbocycles. The Morgan fingerprint density at radius 1 is 0.789 bits per heavy atom. The molecule has 1 aliphatic heterocycles. The molecule has 38 heavy (non-hydrogen) atoms. The fourth-order valence-electron chi connectivity index (χ4n) is 4.89. The van der Waals surface area contributed by atoms with Crippen molar-refractivity contribution in [3.63, 3.8) is 0 Å². The normalized spacial score (nSPS) is 14.3. The lowest BCUT2D eigenvalue weighted by Gasteiger charge is -2.25. The second kappa shape index (κ2) is 12.0. The van der Waals surface area contributed by atoms with Crippen LogP contribution in [0.4, 0.5) is 0 Å². The van der Waals surface area contributed by atoms with Gasteiger partial charge in [0.2, 0.25) is 10.0 Å². The highest BCUT2D eigenvalue weighted by atomic mass is 32.2. The molecule has 1 fully saturated rings. The summed E-state index contributed by atoms with van der Waals surface area (Å²) >= 11 is 0. The van der Waals surface area contributed by atoms with E-state index in [4.69, 9.17) is 9.47 Å². The molecule has 7 heteroatoms. The van der Waals surface area contributed by atoms with Crippen molar-refractivity contribution < 1.29 is 17.9 Å². The van der Waals surface area contributed by atoms with E-state index in [9.17, 15) is 8.42 Å². The minimum absolute atomic E-state index is 0.245. The minimum Gasteiger partial charge on any atom is -0.493 e. The van der Waals surface area contributed by atoms with Gasteiger partial charge in [0.15, 0.2) is 11.5 Å². The average Bonchev–Trinajstić information content (AvgIpc) is 3.48. The van der Waals surface area contributed by atoms with Crippen molar-refractivity contribution in [1.82, 2.24) is 9.21 Å². The topological polar surface area (TPSA) is 59.1 Å². The maximum atomic E-state index is 14.0. The first kappa shape index (κ1) is 26.2. The molecule has 0 atom stereocenters. The Morgan fingerprint density at radius 3 is 2.29 bits per heavy atom. The third-order valence-electron chi connectivity index (χ3n) is 7.05. The SMILES string of the molecule is COc1ccc(CN(CCN2CCCC2)S(=O)(=O)c2ccc3ccccc3c2)cc1OCc1ccccc1. The summed E-state index contributed by atoms with van der Waals surface area (Å²) in [6, 6.07) is 28.8. The van der Waals surface area contributed by atoms with E-state index in [1.54, 1.807) is 23.5 Å². The Kier molecular flexibility index (Phi) is 8.27. The van der Waals surface area contributed by atoms with Crippen molar-refractivity contribution >= 4 is 20.8 Å². The summed E-state index contributed by atoms with van der Waals surface area (Å²) in [7, 11) is -2.12. The zero-order valence-electron chi connectivity index (χ0n) is 21.8. The lowest BCUT2D eigenvalue weighted by atomic mass is 10.1. The number of hydrogen-bond acceptors (Lipinski definition) is 5. The van der Waals surface area contributed by atoms with Gasteiger partial charge in [0, 0.05) is 19.6 Å². The summed E-state index contributed by atoms with van der Waals surface area (Å²) in [5.41, 5.74) is 1.89. The van der Waals surface area contributed by atoms with Crippen LogP contribution in [0.1, 0.15) is 24.0 Å². The van der Waals surface area contributed by atoms with Crippen LogP contribution in [0.5, 0.6) is 11.5 Å². The molecule has 0 amide bonds. The van der Waals surface area contributed by atoms with Gasteiger partial charge in [-0.2, -0.15) is 4.31 Å². The van der Waals surface area contributed by atoms with Crippen LogP contribution in [0.3, 0.4) is 0 Å². The molecule has 0 bridgehead atoms. The molecule has 0 radical (unpaired) electrons. The molecule has 198 valence electrons. The molecule has 4 aromatic rings.